The van der Waals surface area contributed by atoms with E-state index in [0.29, 0.717) is 30.4 Å². The number of aromatic nitrogens is 1. The summed E-state index contributed by atoms with van der Waals surface area (Å²) in [7, 11) is 0. The van der Waals surface area contributed by atoms with Gasteiger partial charge in [0.2, 0.25) is 11.9 Å². The molecule has 0 bridgehead atoms. The molecule has 0 atom stereocenters. The highest BCUT2D eigenvalue weighted by atomic mass is 16.2. The van der Waals surface area contributed by atoms with E-state index in [1.807, 2.05) is 29.2 Å². The number of guanidine groups is 1. The van der Waals surface area contributed by atoms with Gasteiger partial charge in [-0.2, -0.15) is 0 Å². The van der Waals surface area contributed by atoms with Crippen molar-refractivity contribution in [1.82, 2.24) is 15.2 Å². The second-order valence-corrected chi connectivity index (χ2v) is 5.88. The normalized spacial score (nSPS) is 14.7. The molecule has 0 fully saturated rings. The van der Waals surface area contributed by atoms with Crippen LogP contribution in [0, 0.1) is 0 Å². The van der Waals surface area contributed by atoms with Gasteiger partial charge in [0.1, 0.15) is 11.7 Å². The van der Waals surface area contributed by atoms with E-state index in [4.69, 9.17) is 0 Å². The van der Waals surface area contributed by atoms with Crippen molar-refractivity contribution in [2.24, 2.45) is 9.98 Å². The zero-order valence-electron chi connectivity index (χ0n) is 14.1. The molecule has 2 N–H and O–H groups in total. The van der Waals surface area contributed by atoms with E-state index < -0.39 is 0 Å². The molecule has 130 valence electrons. The number of nitrogens with one attached hydrogen (secondary N) is 2. The molecule has 4 rings (SSSR count). The number of carbonyl (C=O) groups excluding carboxylic acids is 2. The van der Waals surface area contributed by atoms with Gasteiger partial charge in [0.25, 0.3) is 5.91 Å². The molecule has 8 heteroatoms. The van der Waals surface area contributed by atoms with Gasteiger partial charge in [0.15, 0.2) is 0 Å². The first-order valence-corrected chi connectivity index (χ1v) is 8.17. The molecule has 2 aromatic rings. The number of rotatable bonds is 2. The Morgan fingerprint density at radius 1 is 1.12 bits per heavy atom. The summed E-state index contributed by atoms with van der Waals surface area (Å²) >= 11 is 0. The highest BCUT2D eigenvalue weighted by Gasteiger charge is 2.30. The van der Waals surface area contributed by atoms with E-state index in [1.165, 1.54) is 13.1 Å². The van der Waals surface area contributed by atoms with Crippen LogP contribution in [0.15, 0.2) is 52.6 Å². The Morgan fingerprint density at radius 3 is 2.73 bits per heavy atom. The molecule has 26 heavy (non-hydrogen) atoms. The van der Waals surface area contributed by atoms with E-state index in [-0.39, 0.29) is 11.8 Å². The number of anilines is 1. The standard InChI is InChI=1S/C18H16N6O2/c1-11(25)21-15-7-6-12(10-20-15)17(26)23-18-22-14-5-3-2-4-13(14)16-19-8-9-24(16)18/h2-7,10H,8-9H2,1H3,(H,20,21,25)(H,22,23,26). The lowest BCUT2D eigenvalue weighted by Crippen LogP contribution is -2.47. The molecule has 8 nitrogen and oxygen atoms in total. The molecule has 0 saturated carbocycles. The maximum atomic E-state index is 12.6. The van der Waals surface area contributed by atoms with Crippen LogP contribution in [0.25, 0.3) is 0 Å². The topological polar surface area (TPSA) is 99.0 Å². The fourth-order valence-corrected chi connectivity index (χ4v) is 2.87. The Labute approximate surface area is 149 Å². The molecule has 0 unspecified atom stereocenters. The van der Waals surface area contributed by atoms with Crippen LogP contribution in [0.2, 0.25) is 0 Å². The monoisotopic (exact) mass is 348 g/mol. The first-order valence-electron chi connectivity index (χ1n) is 8.17. The minimum absolute atomic E-state index is 0.217. The van der Waals surface area contributed by atoms with Crippen LogP contribution in [0.1, 0.15) is 22.8 Å². The summed E-state index contributed by atoms with van der Waals surface area (Å²) in [5.74, 6) is 1.13. The van der Waals surface area contributed by atoms with Crippen LogP contribution >= 0.6 is 0 Å². The van der Waals surface area contributed by atoms with Crippen LogP contribution in [0.5, 0.6) is 0 Å². The number of para-hydroxylation sites is 1. The predicted octanol–water partition coefficient (Wildman–Crippen LogP) is 1.53. The summed E-state index contributed by atoms with van der Waals surface area (Å²) in [6.07, 6.45) is 1.41. The third kappa shape index (κ3) is 2.92. The molecule has 3 heterocycles. The Balaban J connectivity index is 1.57. The number of hydrogen-bond acceptors (Lipinski definition) is 6. The lowest BCUT2D eigenvalue weighted by atomic mass is 10.1. The summed E-state index contributed by atoms with van der Waals surface area (Å²) in [5, 5.41) is 5.40. The average molecular weight is 348 g/mol. The van der Waals surface area contributed by atoms with Gasteiger partial charge in [-0.05, 0) is 24.3 Å². The minimum Gasteiger partial charge on any atom is -0.311 e. The molecular weight excluding hydrogens is 332 g/mol. The number of pyridine rings is 1. The van der Waals surface area contributed by atoms with Gasteiger partial charge in [-0.15, -0.1) is 0 Å². The molecule has 0 radical (unpaired) electrons. The van der Waals surface area contributed by atoms with Gasteiger partial charge in [-0.25, -0.2) is 9.98 Å². The second-order valence-electron chi connectivity index (χ2n) is 5.88. The quantitative estimate of drug-likeness (QED) is 0.860. The third-order valence-corrected chi connectivity index (χ3v) is 4.02. The fraction of sp³-hybridized carbons (Fsp3) is 0.167. The molecule has 2 aliphatic heterocycles. The first-order chi connectivity index (χ1) is 12.6. The first kappa shape index (κ1) is 15.9. The molecule has 0 spiro atoms. The third-order valence-electron chi connectivity index (χ3n) is 4.02. The smallest absolute Gasteiger partial charge is 0.259 e. The zero-order valence-corrected chi connectivity index (χ0v) is 14.1. The number of nitrogens with zero attached hydrogens (tertiary/aromatic N) is 4. The van der Waals surface area contributed by atoms with Gasteiger partial charge in [0, 0.05) is 25.2 Å². The number of aliphatic imine (C=N–C) groups is 2. The molecular formula is C18H16N6O2. The minimum atomic E-state index is -0.323. The zero-order chi connectivity index (χ0) is 18.1. The van der Waals surface area contributed by atoms with Crippen molar-refractivity contribution in [1.29, 1.82) is 0 Å². The Bertz CT molecular complexity index is 948. The van der Waals surface area contributed by atoms with Gasteiger partial charge in [0.05, 0.1) is 17.8 Å². The highest BCUT2D eigenvalue weighted by molar-refractivity contribution is 6.19. The van der Waals surface area contributed by atoms with Gasteiger partial charge in [-0.3, -0.25) is 24.8 Å². The summed E-state index contributed by atoms with van der Waals surface area (Å²) in [6.45, 7) is 2.73. The molecule has 0 saturated heterocycles. The van der Waals surface area contributed by atoms with Crippen LogP contribution < -0.4 is 10.6 Å². The molecule has 0 aliphatic carbocycles. The van der Waals surface area contributed by atoms with Crippen molar-refractivity contribution in [3.05, 3.63) is 53.7 Å². The number of fused-ring (bicyclic) bond motifs is 3. The summed E-state index contributed by atoms with van der Waals surface area (Å²) in [6, 6.07) is 10.9. The molecule has 2 aliphatic rings. The van der Waals surface area contributed by atoms with Crippen molar-refractivity contribution in [2.45, 2.75) is 6.92 Å². The van der Waals surface area contributed by atoms with Crippen LogP contribution in [-0.2, 0) is 4.79 Å². The summed E-state index contributed by atoms with van der Waals surface area (Å²) in [5.41, 5.74) is 2.11. The summed E-state index contributed by atoms with van der Waals surface area (Å²) < 4.78 is 0. The van der Waals surface area contributed by atoms with Crippen LogP contribution in [-0.4, -0.2) is 46.6 Å². The molecule has 1 aromatic heterocycles. The number of amidine groups is 1. The van der Waals surface area contributed by atoms with E-state index in [9.17, 15) is 9.59 Å². The van der Waals surface area contributed by atoms with Gasteiger partial charge < -0.3 is 5.32 Å². The van der Waals surface area contributed by atoms with Crippen molar-refractivity contribution in [3.63, 3.8) is 0 Å². The molecule has 2 amide bonds. The van der Waals surface area contributed by atoms with Crippen molar-refractivity contribution in [2.75, 3.05) is 18.4 Å². The van der Waals surface area contributed by atoms with Crippen molar-refractivity contribution < 1.29 is 9.59 Å². The maximum Gasteiger partial charge on any atom is 0.259 e. The fourth-order valence-electron chi connectivity index (χ4n) is 2.87. The predicted molar refractivity (Wildman–Crippen MR) is 97.7 cm³/mol. The molecule has 1 aromatic carbocycles. The maximum absolute atomic E-state index is 12.6. The van der Waals surface area contributed by atoms with Crippen molar-refractivity contribution >= 4 is 35.1 Å². The Morgan fingerprint density at radius 2 is 1.96 bits per heavy atom. The van der Waals surface area contributed by atoms with Gasteiger partial charge in [-0.1, -0.05) is 12.1 Å². The van der Waals surface area contributed by atoms with Gasteiger partial charge >= 0.3 is 0 Å². The highest BCUT2D eigenvalue weighted by Crippen LogP contribution is 2.27. The summed E-state index contributed by atoms with van der Waals surface area (Å²) in [4.78, 5) is 38.7. The van der Waals surface area contributed by atoms with Crippen LogP contribution in [0.3, 0.4) is 0 Å². The Kier molecular flexibility index (Phi) is 3.92. The SMILES string of the molecule is CC(=O)Nc1ccc(C(=O)NC2=Nc3ccccc3C3=NCCN23)cn1. The van der Waals surface area contributed by atoms with E-state index in [0.717, 1.165) is 17.1 Å². The number of hydrogen-bond donors (Lipinski definition) is 2. The lowest BCUT2D eigenvalue weighted by molar-refractivity contribution is -0.114. The largest absolute Gasteiger partial charge is 0.311 e. The van der Waals surface area contributed by atoms with E-state index in [2.05, 4.69) is 25.6 Å². The van der Waals surface area contributed by atoms with Crippen molar-refractivity contribution in [3.8, 4) is 0 Å². The number of carbonyl (C=O) groups is 2. The number of benzene rings is 1. The average Bonchev–Trinajstić information content (AvgIpc) is 3.12. The Hall–Kier alpha value is -3.55. The lowest BCUT2D eigenvalue weighted by Gasteiger charge is -2.27. The number of amides is 2. The van der Waals surface area contributed by atoms with E-state index >= 15 is 0 Å². The van der Waals surface area contributed by atoms with E-state index in [1.54, 1.807) is 12.1 Å². The second kappa shape index (κ2) is 6.40. The van der Waals surface area contributed by atoms with Crippen LogP contribution in [0.4, 0.5) is 11.5 Å².